The lowest BCUT2D eigenvalue weighted by atomic mass is 9.99. The van der Waals surface area contributed by atoms with Gasteiger partial charge in [-0.2, -0.15) is 9.57 Å². The molecule has 7 heteroatoms. The second-order valence-electron chi connectivity index (χ2n) is 4.74. The number of primary amides is 1. The van der Waals surface area contributed by atoms with Gasteiger partial charge in [0.2, 0.25) is 15.9 Å². The minimum Gasteiger partial charge on any atom is -0.369 e. The number of nitrogens with zero attached hydrogens (tertiary/aromatic N) is 2. The lowest BCUT2D eigenvalue weighted by Crippen LogP contribution is -2.44. The van der Waals surface area contributed by atoms with E-state index in [2.05, 4.69) is 0 Å². The van der Waals surface area contributed by atoms with E-state index in [0.717, 1.165) is 0 Å². The van der Waals surface area contributed by atoms with Crippen molar-refractivity contribution in [2.75, 3.05) is 13.1 Å². The molecule has 0 aromatic heterocycles. The third kappa shape index (κ3) is 2.81. The number of sulfonamides is 1. The van der Waals surface area contributed by atoms with Crippen LogP contribution in [0, 0.1) is 17.2 Å². The molecule has 1 aliphatic heterocycles. The van der Waals surface area contributed by atoms with Gasteiger partial charge in [0.25, 0.3) is 0 Å². The van der Waals surface area contributed by atoms with E-state index < -0.39 is 21.8 Å². The van der Waals surface area contributed by atoms with Crippen LogP contribution >= 0.6 is 0 Å². The molecule has 0 aliphatic carbocycles. The summed E-state index contributed by atoms with van der Waals surface area (Å²) in [6.07, 6.45) is 1.21. The number of amides is 1. The Kier molecular flexibility index (Phi) is 4.06. The second-order valence-corrected chi connectivity index (χ2v) is 6.68. The van der Waals surface area contributed by atoms with Crippen LogP contribution in [0.25, 0.3) is 0 Å². The molecule has 20 heavy (non-hydrogen) atoms. The highest BCUT2D eigenvalue weighted by Crippen LogP contribution is 2.24. The predicted octanol–water partition coefficient (Wildman–Crippen LogP) is 0.444. The summed E-state index contributed by atoms with van der Waals surface area (Å²) in [5, 5.41) is 8.83. The zero-order valence-corrected chi connectivity index (χ0v) is 11.6. The topological polar surface area (TPSA) is 104 Å². The average molecular weight is 293 g/mol. The summed E-state index contributed by atoms with van der Waals surface area (Å²) >= 11 is 0. The zero-order valence-electron chi connectivity index (χ0n) is 10.8. The molecule has 2 N–H and O–H groups in total. The molecular weight excluding hydrogens is 278 g/mol. The molecule has 1 heterocycles. The number of carbonyl (C=O) groups excluding carboxylic acids is 1. The minimum atomic E-state index is -3.69. The number of hydrogen-bond donors (Lipinski definition) is 1. The Bertz CT molecular complexity index is 664. The number of benzene rings is 1. The summed E-state index contributed by atoms with van der Waals surface area (Å²) in [6.45, 7) is 0.470. The van der Waals surface area contributed by atoms with Crippen LogP contribution < -0.4 is 5.73 Å². The minimum absolute atomic E-state index is 0.0710. The third-order valence-electron chi connectivity index (χ3n) is 3.39. The van der Waals surface area contributed by atoms with Gasteiger partial charge in [0.1, 0.15) is 0 Å². The van der Waals surface area contributed by atoms with E-state index >= 15 is 0 Å². The fourth-order valence-corrected chi connectivity index (χ4v) is 3.84. The maximum absolute atomic E-state index is 12.5. The monoisotopic (exact) mass is 293 g/mol. The molecule has 0 saturated carbocycles. The van der Waals surface area contributed by atoms with E-state index in [4.69, 9.17) is 11.0 Å². The summed E-state index contributed by atoms with van der Waals surface area (Å²) in [6, 6.07) is 7.77. The fourth-order valence-electron chi connectivity index (χ4n) is 2.27. The number of carbonyl (C=O) groups is 1. The first-order chi connectivity index (χ1) is 9.45. The number of rotatable bonds is 3. The smallest absolute Gasteiger partial charge is 0.243 e. The molecule has 2 rings (SSSR count). The Hall–Kier alpha value is -1.91. The highest BCUT2D eigenvalue weighted by atomic mass is 32.2. The lowest BCUT2D eigenvalue weighted by Gasteiger charge is -2.30. The number of piperidine rings is 1. The normalized spacial score (nSPS) is 20.2. The highest BCUT2D eigenvalue weighted by molar-refractivity contribution is 7.89. The van der Waals surface area contributed by atoms with E-state index in [9.17, 15) is 13.2 Å². The highest BCUT2D eigenvalue weighted by Gasteiger charge is 2.32. The molecule has 1 amide bonds. The molecule has 1 atom stereocenters. The molecule has 1 aromatic carbocycles. The van der Waals surface area contributed by atoms with Crippen LogP contribution in [0.2, 0.25) is 0 Å². The largest absolute Gasteiger partial charge is 0.369 e. The maximum Gasteiger partial charge on any atom is 0.243 e. The first-order valence-electron chi connectivity index (χ1n) is 6.25. The lowest BCUT2D eigenvalue weighted by molar-refractivity contribution is -0.122. The summed E-state index contributed by atoms with van der Waals surface area (Å²) in [7, 11) is -3.69. The zero-order chi connectivity index (χ0) is 14.8. The summed E-state index contributed by atoms with van der Waals surface area (Å²) in [5.74, 6) is -0.923. The van der Waals surface area contributed by atoms with Crippen LogP contribution in [0.1, 0.15) is 18.4 Å². The van der Waals surface area contributed by atoms with E-state index in [-0.39, 0.29) is 17.0 Å². The first-order valence-corrected chi connectivity index (χ1v) is 7.69. The molecule has 1 fully saturated rings. The van der Waals surface area contributed by atoms with Crippen LogP contribution in [-0.4, -0.2) is 31.7 Å². The maximum atomic E-state index is 12.5. The Labute approximate surface area is 117 Å². The van der Waals surface area contributed by atoms with Crippen molar-refractivity contribution in [2.45, 2.75) is 17.7 Å². The number of nitrogens with two attached hydrogens (primary N) is 1. The SMILES string of the molecule is N#Cc1cccc(S(=O)(=O)N2CCC[C@@H](C(N)=O)C2)c1. The standard InChI is InChI=1S/C13H15N3O3S/c14-8-10-3-1-5-12(7-10)20(18,19)16-6-2-4-11(9-16)13(15)17/h1,3,5,7,11H,2,4,6,9H2,(H2,15,17)/t11-/m1/s1. The quantitative estimate of drug-likeness (QED) is 0.873. The van der Waals surface area contributed by atoms with Crippen molar-refractivity contribution >= 4 is 15.9 Å². The summed E-state index contributed by atoms with van der Waals surface area (Å²) in [4.78, 5) is 11.3. The van der Waals surface area contributed by atoms with Gasteiger partial charge >= 0.3 is 0 Å². The van der Waals surface area contributed by atoms with Gasteiger partial charge in [0, 0.05) is 13.1 Å². The molecule has 1 aliphatic rings. The number of hydrogen-bond acceptors (Lipinski definition) is 4. The van der Waals surface area contributed by atoms with Crippen molar-refractivity contribution in [3.8, 4) is 6.07 Å². The summed E-state index contributed by atoms with van der Waals surface area (Å²) < 4.78 is 26.2. The molecule has 1 saturated heterocycles. The summed E-state index contributed by atoms with van der Waals surface area (Å²) in [5.41, 5.74) is 5.54. The van der Waals surface area contributed by atoms with Crippen LogP contribution in [0.5, 0.6) is 0 Å². The Balaban J connectivity index is 2.30. The van der Waals surface area contributed by atoms with Gasteiger partial charge in [-0.25, -0.2) is 8.42 Å². The number of nitriles is 1. The van der Waals surface area contributed by atoms with Gasteiger partial charge in [0.15, 0.2) is 0 Å². The van der Waals surface area contributed by atoms with E-state index in [1.165, 1.54) is 22.5 Å². The van der Waals surface area contributed by atoms with E-state index in [1.807, 2.05) is 6.07 Å². The molecular formula is C13H15N3O3S. The molecule has 0 radical (unpaired) electrons. The van der Waals surface area contributed by atoms with Gasteiger partial charge < -0.3 is 5.73 Å². The van der Waals surface area contributed by atoms with Gasteiger partial charge in [-0.15, -0.1) is 0 Å². The van der Waals surface area contributed by atoms with Gasteiger partial charge in [-0.3, -0.25) is 4.79 Å². The molecule has 0 spiro atoms. The first kappa shape index (κ1) is 14.5. The van der Waals surface area contributed by atoms with Crippen molar-refractivity contribution in [3.05, 3.63) is 29.8 Å². The molecule has 1 aromatic rings. The fraction of sp³-hybridized carbons (Fsp3) is 0.385. The Morgan fingerprint density at radius 1 is 1.45 bits per heavy atom. The second kappa shape index (κ2) is 5.61. The van der Waals surface area contributed by atoms with Crippen LogP contribution in [0.15, 0.2) is 29.2 Å². The van der Waals surface area contributed by atoms with Gasteiger partial charge in [-0.1, -0.05) is 6.07 Å². The molecule has 0 unspecified atom stereocenters. The van der Waals surface area contributed by atoms with Crippen molar-refractivity contribution in [2.24, 2.45) is 11.7 Å². The van der Waals surface area contributed by atoms with Crippen LogP contribution in [-0.2, 0) is 14.8 Å². The van der Waals surface area contributed by atoms with E-state index in [1.54, 1.807) is 6.07 Å². The predicted molar refractivity (Wildman–Crippen MR) is 71.8 cm³/mol. The molecule has 0 bridgehead atoms. The van der Waals surface area contributed by atoms with Crippen molar-refractivity contribution in [1.29, 1.82) is 5.26 Å². The van der Waals surface area contributed by atoms with Gasteiger partial charge in [0.05, 0.1) is 22.4 Å². The average Bonchev–Trinajstić information content (AvgIpc) is 2.47. The Morgan fingerprint density at radius 2 is 2.20 bits per heavy atom. The van der Waals surface area contributed by atoms with Crippen molar-refractivity contribution in [3.63, 3.8) is 0 Å². The molecule has 106 valence electrons. The van der Waals surface area contributed by atoms with Crippen LogP contribution in [0.4, 0.5) is 0 Å². The van der Waals surface area contributed by atoms with Crippen molar-refractivity contribution < 1.29 is 13.2 Å². The van der Waals surface area contributed by atoms with E-state index in [0.29, 0.717) is 19.4 Å². The molecule has 6 nitrogen and oxygen atoms in total. The third-order valence-corrected chi connectivity index (χ3v) is 5.25. The van der Waals surface area contributed by atoms with Gasteiger partial charge in [-0.05, 0) is 31.0 Å². The Morgan fingerprint density at radius 3 is 2.85 bits per heavy atom. The van der Waals surface area contributed by atoms with Crippen LogP contribution in [0.3, 0.4) is 0 Å². The van der Waals surface area contributed by atoms with Crippen molar-refractivity contribution in [1.82, 2.24) is 4.31 Å².